The Bertz CT molecular complexity index is 430. The fraction of sp³-hybridized carbons (Fsp3) is 0.462. The number of amides is 1. The highest BCUT2D eigenvalue weighted by Gasteiger charge is 2.51. The van der Waals surface area contributed by atoms with Crippen LogP contribution in [-0.4, -0.2) is 29.6 Å². The van der Waals surface area contributed by atoms with Gasteiger partial charge >= 0.3 is 6.18 Å². The van der Waals surface area contributed by atoms with Crippen LogP contribution in [0.3, 0.4) is 0 Å². The number of hydrogen-bond acceptors (Lipinski definition) is 1. The second-order valence-electron chi connectivity index (χ2n) is 4.62. The summed E-state index contributed by atoms with van der Waals surface area (Å²) in [5, 5.41) is 0. The monoisotopic (exact) mass is 257 g/mol. The lowest BCUT2D eigenvalue weighted by molar-refractivity contribution is -0.177. The number of rotatable bonds is 1. The predicted molar refractivity (Wildman–Crippen MR) is 61.1 cm³/mol. The van der Waals surface area contributed by atoms with Gasteiger partial charge in [0, 0.05) is 12.1 Å². The third-order valence-electron chi connectivity index (χ3n) is 3.32. The third kappa shape index (κ3) is 2.35. The van der Waals surface area contributed by atoms with Gasteiger partial charge in [-0.25, -0.2) is 0 Å². The van der Waals surface area contributed by atoms with Crippen LogP contribution in [0.15, 0.2) is 30.3 Å². The molecule has 0 aromatic heterocycles. The standard InChI is InChI=1S/C13H14F3NO/c1-9-7-8-17(11(9)13(14,15)16)12(18)10-5-3-2-4-6-10/h2-6,9,11H,7-8H2,1H3/t9-,11-/m1/s1. The van der Waals surface area contributed by atoms with E-state index >= 15 is 0 Å². The van der Waals surface area contributed by atoms with Gasteiger partial charge in [-0.1, -0.05) is 25.1 Å². The molecule has 98 valence electrons. The SMILES string of the molecule is C[C@@H]1CCN(C(=O)c2ccccc2)[C@H]1C(F)(F)F. The maximum Gasteiger partial charge on any atom is 0.409 e. The van der Waals surface area contributed by atoms with E-state index in [-0.39, 0.29) is 6.54 Å². The van der Waals surface area contributed by atoms with Crippen molar-refractivity contribution >= 4 is 5.91 Å². The van der Waals surface area contributed by atoms with Gasteiger partial charge in [0.2, 0.25) is 0 Å². The lowest BCUT2D eigenvalue weighted by Crippen LogP contribution is -2.47. The molecule has 0 spiro atoms. The third-order valence-corrected chi connectivity index (χ3v) is 3.32. The maximum atomic E-state index is 12.9. The molecule has 2 rings (SSSR count). The van der Waals surface area contributed by atoms with E-state index in [1.54, 1.807) is 30.3 Å². The highest BCUT2D eigenvalue weighted by Crippen LogP contribution is 2.37. The van der Waals surface area contributed by atoms with Crippen LogP contribution in [0.25, 0.3) is 0 Å². The second-order valence-corrected chi connectivity index (χ2v) is 4.62. The summed E-state index contributed by atoms with van der Waals surface area (Å²) in [7, 11) is 0. The van der Waals surface area contributed by atoms with E-state index in [2.05, 4.69) is 0 Å². The number of halogens is 3. The summed E-state index contributed by atoms with van der Waals surface area (Å²) < 4.78 is 38.8. The first-order valence-electron chi connectivity index (χ1n) is 5.84. The van der Waals surface area contributed by atoms with Crippen molar-refractivity contribution in [3.63, 3.8) is 0 Å². The highest BCUT2D eigenvalue weighted by molar-refractivity contribution is 5.94. The van der Waals surface area contributed by atoms with Crippen molar-refractivity contribution in [2.75, 3.05) is 6.54 Å². The quantitative estimate of drug-likeness (QED) is 0.757. The zero-order valence-corrected chi connectivity index (χ0v) is 9.95. The molecule has 1 heterocycles. The predicted octanol–water partition coefficient (Wildman–Crippen LogP) is 3.10. The summed E-state index contributed by atoms with van der Waals surface area (Å²) in [6.45, 7) is 1.70. The van der Waals surface area contributed by atoms with Gasteiger partial charge in [0.05, 0.1) is 0 Å². The molecule has 1 aliphatic rings. The van der Waals surface area contributed by atoms with E-state index in [9.17, 15) is 18.0 Å². The number of carbonyl (C=O) groups is 1. The first kappa shape index (κ1) is 12.9. The minimum absolute atomic E-state index is 0.166. The Labute approximate surface area is 103 Å². The molecule has 0 bridgehead atoms. The van der Waals surface area contributed by atoms with E-state index < -0.39 is 24.0 Å². The molecule has 2 nitrogen and oxygen atoms in total. The maximum absolute atomic E-state index is 12.9. The van der Waals surface area contributed by atoms with Crippen LogP contribution in [0.5, 0.6) is 0 Å². The Morgan fingerprint density at radius 1 is 1.28 bits per heavy atom. The van der Waals surface area contributed by atoms with Gasteiger partial charge in [-0.15, -0.1) is 0 Å². The number of nitrogens with zero attached hydrogens (tertiary/aromatic N) is 1. The Kier molecular flexibility index (Phi) is 3.32. The number of carbonyl (C=O) groups excluding carboxylic acids is 1. The van der Waals surface area contributed by atoms with Crippen molar-refractivity contribution in [1.82, 2.24) is 4.90 Å². The molecule has 0 radical (unpaired) electrons. The van der Waals surface area contributed by atoms with Crippen LogP contribution in [0, 0.1) is 5.92 Å². The summed E-state index contributed by atoms with van der Waals surface area (Å²) in [6.07, 6.45) is -3.97. The molecule has 1 aromatic rings. The highest BCUT2D eigenvalue weighted by atomic mass is 19.4. The van der Waals surface area contributed by atoms with E-state index in [1.807, 2.05) is 0 Å². The number of alkyl halides is 3. The average Bonchev–Trinajstić information content (AvgIpc) is 2.71. The average molecular weight is 257 g/mol. The summed E-state index contributed by atoms with van der Waals surface area (Å²) >= 11 is 0. The molecule has 1 aliphatic heterocycles. The van der Waals surface area contributed by atoms with Crippen molar-refractivity contribution in [1.29, 1.82) is 0 Å². The molecular weight excluding hydrogens is 243 g/mol. The second kappa shape index (κ2) is 4.63. The molecular formula is C13H14F3NO. The van der Waals surface area contributed by atoms with Crippen molar-refractivity contribution < 1.29 is 18.0 Å². The summed E-state index contributed by atoms with van der Waals surface area (Å²) in [6, 6.07) is 6.44. The molecule has 1 amide bonds. The van der Waals surface area contributed by atoms with Crippen LogP contribution >= 0.6 is 0 Å². The van der Waals surface area contributed by atoms with Crippen molar-refractivity contribution in [3.05, 3.63) is 35.9 Å². The van der Waals surface area contributed by atoms with E-state index in [1.165, 1.54) is 6.92 Å². The van der Waals surface area contributed by atoms with Gasteiger partial charge in [0.1, 0.15) is 6.04 Å². The molecule has 1 fully saturated rings. The van der Waals surface area contributed by atoms with Crippen LogP contribution in [0.1, 0.15) is 23.7 Å². The number of hydrogen-bond donors (Lipinski definition) is 0. The minimum Gasteiger partial charge on any atom is -0.326 e. The Morgan fingerprint density at radius 3 is 2.44 bits per heavy atom. The van der Waals surface area contributed by atoms with Gasteiger partial charge in [0.15, 0.2) is 0 Å². The minimum atomic E-state index is -4.36. The molecule has 1 saturated heterocycles. The smallest absolute Gasteiger partial charge is 0.326 e. The summed E-state index contributed by atoms with van der Waals surface area (Å²) in [4.78, 5) is 13.0. The fourth-order valence-corrected chi connectivity index (χ4v) is 2.42. The lowest BCUT2D eigenvalue weighted by atomic mass is 10.0. The number of likely N-dealkylation sites (tertiary alicyclic amines) is 1. The molecule has 5 heteroatoms. The number of benzene rings is 1. The first-order chi connectivity index (χ1) is 8.41. The van der Waals surface area contributed by atoms with Gasteiger partial charge in [-0.05, 0) is 24.5 Å². The van der Waals surface area contributed by atoms with Crippen LogP contribution in [-0.2, 0) is 0 Å². The van der Waals surface area contributed by atoms with Crippen molar-refractivity contribution in [3.8, 4) is 0 Å². The summed E-state index contributed by atoms with van der Waals surface area (Å²) in [5.41, 5.74) is 0.306. The topological polar surface area (TPSA) is 20.3 Å². The molecule has 2 atom stereocenters. The normalized spacial score (nSPS) is 24.3. The van der Waals surface area contributed by atoms with Crippen LogP contribution in [0.2, 0.25) is 0 Å². The van der Waals surface area contributed by atoms with Crippen LogP contribution < -0.4 is 0 Å². The van der Waals surface area contributed by atoms with E-state index in [0.29, 0.717) is 12.0 Å². The lowest BCUT2D eigenvalue weighted by Gasteiger charge is -2.28. The Balaban J connectivity index is 2.25. The van der Waals surface area contributed by atoms with Gasteiger partial charge < -0.3 is 4.90 Å². The van der Waals surface area contributed by atoms with Crippen LogP contribution in [0.4, 0.5) is 13.2 Å². The van der Waals surface area contributed by atoms with Gasteiger partial charge in [-0.3, -0.25) is 4.79 Å². The Hall–Kier alpha value is -1.52. The van der Waals surface area contributed by atoms with E-state index in [0.717, 1.165) is 4.90 Å². The zero-order valence-electron chi connectivity index (χ0n) is 9.95. The van der Waals surface area contributed by atoms with Crippen molar-refractivity contribution in [2.24, 2.45) is 5.92 Å². The molecule has 1 aromatic carbocycles. The fourth-order valence-electron chi connectivity index (χ4n) is 2.42. The molecule has 18 heavy (non-hydrogen) atoms. The largest absolute Gasteiger partial charge is 0.409 e. The first-order valence-corrected chi connectivity index (χ1v) is 5.84. The molecule has 0 aliphatic carbocycles. The molecule has 0 N–H and O–H groups in total. The molecule has 0 unspecified atom stereocenters. The van der Waals surface area contributed by atoms with Gasteiger partial charge in [-0.2, -0.15) is 13.2 Å². The zero-order chi connectivity index (χ0) is 13.3. The van der Waals surface area contributed by atoms with Gasteiger partial charge in [0.25, 0.3) is 5.91 Å². The Morgan fingerprint density at radius 2 is 1.89 bits per heavy atom. The van der Waals surface area contributed by atoms with E-state index in [4.69, 9.17) is 0 Å². The molecule has 0 saturated carbocycles. The summed E-state index contributed by atoms with van der Waals surface area (Å²) in [5.74, 6) is -1.08. The van der Waals surface area contributed by atoms with Crippen molar-refractivity contribution in [2.45, 2.75) is 25.6 Å².